The van der Waals surface area contributed by atoms with Gasteiger partial charge in [0.1, 0.15) is 0 Å². The van der Waals surface area contributed by atoms with Gasteiger partial charge >= 0.3 is 0 Å². The molecule has 0 radical (unpaired) electrons. The second kappa shape index (κ2) is 6.67. The molecule has 110 valence electrons. The number of nitrogens with one attached hydrogen (secondary N) is 1. The van der Waals surface area contributed by atoms with Crippen LogP contribution in [0.4, 0.5) is 0 Å². The summed E-state index contributed by atoms with van der Waals surface area (Å²) in [5.74, 6) is 1.21. The molecule has 0 fully saturated rings. The van der Waals surface area contributed by atoms with Gasteiger partial charge in [0, 0.05) is 17.0 Å². The minimum atomic E-state index is 0.437. The highest BCUT2D eigenvalue weighted by atomic mass is 32.2. The molecule has 2 atom stereocenters. The Hall–Kier alpha value is -1.25. The number of rotatable bonds is 4. The Kier molecular flexibility index (Phi) is 4.67. The summed E-state index contributed by atoms with van der Waals surface area (Å²) >= 11 is 1.98. The van der Waals surface area contributed by atoms with Crippen LogP contribution in [0, 0.1) is 6.92 Å². The molecule has 1 aliphatic heterocycles. The zero-order valence-electron chi connectivity index (χ0n) is 12.8. The first-order valence-electron chi connectivity index (χ1n) is 7.82. The first-order valence-corrected chi connectivity index (χ1v) is 8.81. The maximum atomic E-state index is 3.88. The Balaban J connectivity index is 1.80. The van der Waals surface area contributed by atoms with Crippen molar-refractivity contribution in [3.05, 3.63) is 65.2 Å². The molecule has 2 aromatic rings. The van der Waals surface area contributed by atoms with E-state index in [4.69, 9.17) is 0 Å². The minimum Gasteiger partial charge on any atom is -0.303 e. The van der Waals surface area contributed by atoms with Crippen LogP contribution in [0.3, 0.4) is 0 Å². The molecule has 0 amide bonds. The zero-order chi connectivity index (χ0) is 14.7. The summed E-state index contributed by atoms with van der Waals surface area (Å²) in [5.41, 5.74) is 4.20. The van der Waals surface area contributed by atoms with Crippen LogP contribution in [0.25, 0.3) is 0 Å². The molecule has 0 saturated carbocycles. The van der Waals surface area contributed by atoms with E-state index in [9.17, 15) is 0 Å². The lowest BCUT2D eigenvalue weighted by Crippen LogP contribution is -2.28. The van der Waals surface area contributed by atoms with E-state index in [1.165, 1.54) is 33.8 Å². The van der Waals surface area contributed by atoms with Gasteiger partial charge in [-0.3, -0.25) is 0 Å². The Labute approximate surface area is 132 Å². The highest BCUT2D eigenvalue weighted by Crippen LogP contribution is 2.37. The fourth-order valence-electron chi connectivity index (χ4n) is 3.01. The van der Waals surface area contributed by atoms with Crippen molar-refractivity contribution in [1.82, 2.24) is 5.32 Å². The monoisotopic (exact) mass is 297 g/mol. The van der Waals surface area contributed by atoms with Crippen LogP contribution in [0.15, 0.2) is 53.4 Å². The summed E-state index contributed by atoms with van der Waals surface area (Å²) in [4.78, 5) is 1.44. The predicted molar refractivity (Wildman–Crippen MR) is 91.9 cm³/mol. The maximum Gasteiger partial charge on any atom is 0.0344 e. The largest absolute Gasteiger partial charge is 0.303 e. The summed E-state index contributed by atoms with van der Waals surface area (Å²) in [5, 5.41) is 3.88. The second-order valence-electron chi connectivity index (χ2n) is 5.77. The van der Waals surface area contributed by atoms with Crippen LogP contribution in [0.5, 0.6) is 0 Å². The minimum absolute atomic E-state index is 0.437. The molecular weight excluding hydrogens is 274 g/mol. The standard InChI is InChI=1S/C19H23NS/c1-3-17(15-10-8-14(2)9-11-15)20-18-12-13-21-19-7-5-4-6-16(18)19/h4-11,17-18,20H,3,12-13H2,1-2H3. The summed E-state index contributed by atoms with van der Waals surface area (Å²) in [6, 6.07) is 18.7. The van der Waals surface area contributed by atoms with Crippen molar-refractivity contribution in [3.63, 3.8) is 0 Å². The van der Waals surface area contributed by atoms with Crippen LogP contribution in [-0.2, 0) is 0 Å². The first-order chi connectivity index (χ1) is 10.3. The fourth-order valence-corrected chi connectivity index (χ4v) is 4.13. The van der Waals surface area contributed by atoms with Gasteiger partial charge in [0.25, 0.3) is 0 Å². The molecule has 0 spiro atoms. The van der Waals surface area contributed by atoms with E-state index in [1.807, 2.05) is 11.8 Å². The van der Waals surface area contributed by atoms with Crippen LogP contribution in [-0.4, -0.2) is 5.75 Å². The third kappa shape index (κ3) is 3.33. The van der Waals surface area contributed by atoms with Crippen LogP contribution in [0.1, 0.15) is 48.5 Å². The lowest BCUT2D eigenvalue weighted by molar-refractivity contribution is 0.421. The molecule has 2 aromatic carbocycles. The van der Waals surface area contributed by atoms with Gasteiger partial charge in [-0.1, -0.05) is 55.0 Å². The highest BCUT2D eigenvalue weighted by Gasteiger charge is 2.22. The normalized spacial score (nSPS) is 19.0. The summed E-state index contributed by atoms with van der Waals surface area (Å²) in [6.45, 7) is 4.41. The van der Waals surface area contributed by atoms with Crippen molar-refractivity contribution in [1.29, 1.82) is 0 Å². The molecule has 1 heterocycles. The quantitative estimate of drug-likeness (QED) is 0.824. The van der Waals surface area contributed by atoms with Crippen LogP contribution >= 0.6 is 11.8 Å². The van der Waals surface area contributed by atoms with E-state index in [1.54, 1.807) is 0 Å². The van der Waals surface area contributed by atoms with E-state index in [2.05, 4.69) is 67.7 Å². The van der Waals surface area contributed by atoms with Crippen molar-refractivity contribution in [2.75, 3.05) is 5.75 Å². The molecule has 3 rings (SSSR count). The molecule has 1 nitrogen and oxygen atoms in total. The summed E-state index contributed by atoms with van der Waals surface area (Å²) in [6.07, 6.45) is 2.33. The molecule has 2 heteroatoms. The van der Waals surface area contributed by atoms with E-state index in [-0.39, 0.29) is 0 Å². The molecule has 21 heavy (non-hydrogen) atoms. The topological polar surface area (TPSA) is 12.0 Å². The lowest BCUT2D eigenvalue weighted by Gasteiger charge is -2.30. The SMILES string of the molecule is CCC(NC1CCSc2ccccc21)c1ccc(C)cc1. The van der Waals surface area contributed by atoms with Crippen molar-refractivity contribution >= 4 is 11.8 Å². The van der Waals surface area contributed by atoms with Gasteiger partial charge in [0.05, 0.1) is 0 Å². The van der Waals surface area contributed by atoms with Crippen molar-refractivity contribution in [2.24, 2.45) is 0 Å². The Morgan fingerprint density at radius 2 is 1.90 bits per heavy atom. The van der Waals surface area contributed by atoms with Gasteiger partial charge in [0.2, 0.25) is 0 Å². The molecule has 0 aliphatic carbocycles. The molecular formula is C19H23NS. The number of hydrogen-bond donors (Lipinski definition) is 1. The third-order valence-electron chi connectivity index (χ3n) is 4.25. The van der Waals surface area contributed by atoms with Crippen LogP contribution < -0.4 is 5.32 Å². The Morgan fingerprint density at radius 3 is 2.67 bits per heavy atom. The van der Waals surface area contributed by atoms with E-state index < -0.39 is 0 Å². The van der Waals surface area contributed by atoms with Gasteiger partial charge in [0.15, 0.2) is 0 Å². The number of aryl methyl sites for hydroxylation is 1. The second-order valence-corrected chi connectivity index (χ2v) is 6.90. The van der Waals surface area contributed by atoms with Gasteiger partial charge in [-0.2, -0.15) is 0 Å². The van der Waals surface area contributed by atoms with Gasteiger partial charge < -0.3 is 5.32 Å². The Morgan fingerprint density at radius 1 is 1.14 bits per heavy atom. The van der Waals surface area contributed by atoms with Crippen molar-refractivity contribution in [2.45, 2.75) is 43.7 Å². The van der Waals surface area contributed by atoms with Crippen molar-refractivity contribution < 1.29 is 0 Å². The first kappa shape index (κ1) is 14.7. The lowest BCUT2D eigenvalue weighted by atomic mass is 9.98. The molecule has 0 aromatic heterocycles. The molecule has 1 N–H and O–H groups in total. The molecule has 0 saturated heterocycles. The molecule has 0 bridgehead atoms. The van der Waals surface area contributed by atoms with Crippen molar-refractivity contribution in [3.8, 4) is 0 Å². The number of thioether (sulfide) groups is 1. The number of fused-ring (bicyclic) bond motifs is 1. The molecule has 2 unspecified atom stereocenters. The van der Waals surface area contributed by atoms with E-state index in [0.717, 1.165) is 6.42 Å². The predicted octanol–water partition coefficient (Wildman–Crippen LogP) is 5.27. The van der Waals surface area contributed by atoms with E-state index >= 15 is 0 Å². The smallest absolute Gasteiger partial charge is 0.0344 e. The number of hydrogen-bond acceptors (Lipinski definition) is 2. The fraction of sp³-hybridized carbons (Fsp3) is 0.368. The third-order valence-corrected chi connectivity index (χ3v) is 5.37. The molecule has 1 aliphatic rings. The zero-order valence-corrected chi connectivity index (χ0v) is 13.6. The highest BCUT2D eigenvalue weighted by molar-refractivity contribution is 7.99. The van der Waals surface area contributed by atoms with Crippen LogP contribution in [0.2, 0.25) is 0 Å². The van der Waals surface area contributed by atoms with Gasteiger partial charge in [-0.05, 0) is 42.7 Å². The van der Waals surface area contributed by atoms with E-state index in [0.29, 0.717) is 12.1 Å². The van der Waals surface area contributed by atoms with Gasteiger partial charge in [-0.15, -0.1) is 11.8 Å². The van der Waals surface area contributed by atoms with Gasteiger partial charge in [-0.25, -0.2) is 0 Å². The average Bonchev–Trinajstić information content (AvgIpc) is 2.54. The average molecular weight is 297 g/mol. The Bertz CT molecular complexity index is 591. The maximum absolute atomic E-state index is 3.88. The summed E-state index contributed by atoms with van der Waals surface area (Å²) < 4.78 is 0. The summed E-state index contributed by atoms with van der Waals surface area (Å²) in [7, 11) is 0. The number of benzene rings is 2.